The van der Waals surface area contributed by atoms with E-state index in [0.717, 1.165) is 23.2 Å². The van der Waals surface area contributed by atoms with Crippen LogP contribution in [0.1, 0.15) is 25.0 Å². The summed E-state index contributed by atoms with van der Waals surface area (Å²) in [5, 5.41) is 3.03. The Morgan fingerprint density at radius 3 is 2.74 bits per heavy atom. The standard InChI is InChI=1S/C15H19NO3/c1-4-7-13(17)19-14(18)10-16-15-11(3)8-6-9-12(15)5-2/h4,6-9,16H,5,10H2,1-3H3/b7-4+. The fourth-order valence-corrected chi connectivity index (χ4v) is 1.76. The maximum Gasteiger partial charge on any atom is 0.338 e. The van der Waals surface area contributed by atoms with Crippen LogP contribution in [0.3, 0.4) is 0 Å². The lowest BCUT2D eigenvalue weighted by Crippen LogP contribution is -2.20. The van der Waals surface area contributed by atoms with Crippen LogP contribution in [-0.4, -0.2) is 18.5 Å². The van der Waals surface area contributed by atoms with Crippen molar-refractivity contribution < 1.29 is 14.3 Å². The molecule has 1 rings (SSSR count). The van der Waals surface area contributed by atoms with Gasteiger partial charge in [-0.25, -0.2) is 9.59 Å². The summed E-state index contributed by atoms with van der Waals surface area (Å²) in [6.07, 6.45) is 3.61. The fourth-order valence-electron chi connectivity index (χ4n) is 1.76. The predicted octanol–water partition coefficient (Wildman–Crippen LogP) is 2.62. The quantitative estimate of drug-likeness (QED) is 0.503. The highest BCUT2D eigenvalue weighted by Crippen LogP contribution is 2.20. The van der Waals surface area contributed by atoms with Crippen LogP contribution in [0.5, 0.6) is 0 Å². The number of para-hydroxylation sites is 1. The zero-order valence-electron chi connectivity index (χ0n) is 11.5. The van der Waals surface area contributed by atoms with Gasteiger partial charge in [0.25, 0.3) is 0 Å². The van der Waals surface area contributed by atoms with E-state index in [1.165, 1.54) is 12.2 Å². The second-order valence-electron chi connectivity index (χ2n) is 4.11. The van der Waals surface area contributed by atoms with Gasteiger partial charge < -0.3 is 10.1 Å². The number of ether oxygens (including phenoxy) is 1. The van der Waals surface area contributed by atoms with Crippen LogP contribution < -0.4 is 5.32 Å². The predicted molar refractivity (Wildman–Crippen MR) is 75.0 cm³/mol. The van der Waals surface area contributed by atoms with Crippen molar-refractivity contribution in [1.82, 2.24) is 0 Å². The van der Waals surface area contributed by atoms with Crippen LogP contribution in [0.25, 0.3) is 0 Å². The van der Waals surface area contributed by atoms with Gasteiger partial charge in [0, 0.05) is 11.8 Å². The van der Waals surface area contributed by atoms with E-state index in [-0.39, 0.29) is 6.54 Å². The molecule has 0 aliphatic rings. The number of rotatable bonds is 5. The molecule has 0 saturated carbocycles. The largest absolute Gasteiger partial charge is 0.389 e. The maximum absolute atomic E-state index is 11.5. The number of aryl methyl sites for hydroxylation is 2. The van der Waals surface area contributed by atoms with Crippen LogP contribution >= 0.6 is 0 Å². The zero-order chi connectivity index (χ0) is 14.3. The Bertz CT molecular complexity index is 492. The number of allylic oxidation sites excluding steroid dienone is 1. The third-order valence-corrected chi connectivity index (χ3v) is 2.67. The zero-order valence-corrected chi connectivity index (χ0v) is 11.5. The molecular weight excluding hydrogens is 242 g/mol. The highest BCUT2D eigenvalue weighted by molar-refractivity contribution is 5.93. The fraction of sp³-hybridized carbons (Fsp3) is 0.333. The molecular formula is C15H19NO3. The summed E-state index contributed by atoms with van der Waals surface area (Å²) in [7, 11) is 0. The van der Waals surface area contributed by atoms with E-state index in [4.69, 9.17) is 0 Å². The van der Waals surface area contributed by atoms with Gasteiger partial charge in [-0.1, -0.05) is 31.2 Å². The second-order valence-corrected chi connectivity index (χ2v) is 4.11. The van der Waals surface area contributed by atoms with Crippen molar-refractivity contribution in [2.24, 2.45) is 0 Å². The van der Waals surface area contributed by atoms with Gasteiger partial charge >= 0.3 is 11.9 Å². The smallest absolute Gasteiger partial charge is 0.338 e. The number of hydrogen-bond acceptors (Lipinski definition) is 4. The summed E-state index contributed by atoms with van der Waals surface area (Å²) in [5.74, 6) is -1.23. The summed E-state index contributed by atoms with van der Waals surface area (Å²) in [4.78, 5) is 22.6. The lowest BCUT2D eigenvalue weighted by Gasteiger charge is -2.12. The first kappa shape index (κ1) is 15.0. The topological polar surface area (TPSA) is 55.4 Å². The molecule has 0 aromatic heterocycles. The van der Waals surface area contributed by atoms with Crippen molar-refractivity contribution in [2.75, 3.05) is 11.9 Å². The van der Waals surface area contributed by atoms with E-state index in [9.17, 15) is 9.59 Å². The lowest BCUT2D eigenvalue weighted by molar-refractivity contribution is -0.154. The lowest BCUT2D eigenvalue weighted by atomic mass is 10.1. The third-order valence-electron chi connectivity index (χ3n) is 2.67. The molecule has 4 nitrogen and oxygen atoms in total. The average Bonchev–Trinajstić information content (AvgIpc) is 2.37. The van der Waals surface area contributed by atoms with E-state index in [1.807, 2.05) is 32.0 Å². The van der Waals surface area contributed by atoms with E-state index < -0.39 is 11.9 Å². The van der Waals surface area contributed by atoms with Crippen LogP contribution in [0.15, 0.2) is 30.4 Å². The molecule has 0 radical (unpaired) electrons. The van der Waals surface area contributed by atoms with Crippen molar-refractivity contribution in [3.05, 3.63) is 41.5 Å². The van der Waals surface area contributed by atoms with Gasteiger partial charge in [-0.15, -0.1) is 0 Å². The van der Waals surface area contributed by atoms with Gasteiger partial charge in [0.05, 0.1) is 0 Å². The Morgan fingerprint density at radius 1 is 1.37 bits per heavy atom. The van der Waals surface area contributed by atoms with E-state index >= 15 is 0 Å². The van der Waals surface area contributed by atoms with Crippen LogP contribution in [-0.2, 0) is 20.7 Å². The second kappa shape index (κ2) is 7.36. The molecule has 0 unspecified atom stereocenters. The molecule has 102 valence electrons. The molecule has 0 fully saturated rings. The first-order valence-electron chi connectivity index (χ1n) is 6.28. The van der Waals surface area contributed by atoms with Gasteiger partial charge in [-0.2, -0.15) is 0 Å². The molecule has 0 atom stereocenters. The Balaban J connectivity index is 2.62. The first-order chi connectivity index (χ1) is 9.08. The minimum atomic E-state index is -0.644. The number of benzene rings is 1. The van der Waals surface area contributed by atoms with Crippen molar-refractivity contribution in [3.63, 3.8) is 0 Å². The molecule has 4 heteroatoms. The molecule has 1 aromatic carbocycles. The number of nitrogens with one attached hydrogen (secondary N) is 1. The number of carbonyl (C=O) groups is 2. The molecule has 1 N–H and O–H groups in total. The molecule has 0 amide bonds. The Morgan fingerprint density at radius 2 is 2.11 bits per heavy atom. The molecule has 0 heterocycles. The molecule has 0 spiro atoms. The van der Waals surface area contributed by atoms with E-state index in [1.54, 1.807) is 6.92 Å². The number of anilines is 1. The molecule has 1 aromatic rings. The molecule has 0 aliphatic carbocycles. The number of carbonyl (C=O) groups excluding carboxylic acids is 2. The SMILES string of the molecule is C/C=C/C(=O)OC(=O)CNc1c(C)cccc1CC. The summed E-state index contributed by atoms with van der Waals surface area (Å²) in [5.41, 5.74) is 3.12. The molecule has 0 aliphatic heterocycles. The minimum Gasteiger partial charge on any atom is -0.389 e. The third kappa shape index (κ3) is 4.58. The normalized spacial score (nSPS) is 10.5. The Hall–Kier alpha value is -2.10. The van der Waals surface area contributed by atoms with Crippen LogP contribution in [0.2, 0.25) is 0 Å². The molecule has 0 saturated heterocycles. The highest BCUT2D eigenvalue weighted by Gasteiger charge is 2.09. The number of hydrogen-bond donors (Lipinski definition) is 1. The summed E-state index contributed by atoms with van der Waals surface area (Å²) < 4.78 is 4.60. The van der Waals surface area contributed by atoms with Crippen molar-refractivity contribution in [2.45, 2.75) is 27.2 Å². The minimum absolute atomic E-state index is 0.0266. The monoisotopic (exact) mass is 261 g/mol. The van der Waals surface area contributed by atoms with E-state index in [2.05, 4.69) is 10.1 Å². The van der Waals surface area contributed by atoms with Crippen molar-refractivity contribution >= 4 is 17.6 Å². The van der Waals surface area contributed by atoms with Crippen LogP contribution in [0.4, 0.5) is 5.69 Å². The molecule has 19 heavy (non-hydrogen) atoms. The van der Waals surface area contributed by atoms with Crippen molar-refractivity contribution in [1.29, 1.82) is 0 Å². The van der Waals surface area contributed by atoms with Gasteiger partial charge in [0.1, 0.15) is 6.54 Å². The summed E-state index contributed by atoms with van der Waals surface area (Å²) in [6, 6.07) is 5.96. The Labute approximate surface area is 113 Å². The highest BCUT2D eigenvalue weighted by atomic mass is 16.6. The van der Waals surface area contributed by atoms with E-state index in [0.29, 0.717) is 0 Å². The van der Waals surface area contributed by atoms with Crippen LogP contribution in [0, 0.1) is 6.92 Å². The maximum atomic E-state index is 11.5. The van der Waals surface area contributed by atoms with Gasteiger partial charge in [0.15, 0.2) is 0 Å². The first-order valence-corrected chi connectivity index (χ1v) is 6.28. The molecule has 0 bridgehead atoms. The number of esters is 2. The van der Waals surface area contributed by atoms with Crippen molar-refractivity contribution in [3.8, 4) is 0 Å². The summed E-state index contributed by atoms with van der Waals surface area (Å²) in [6.45, 7) is 5.68. The van der Waals surface area contributed by atoms with Gasteiger partial charge in [0.2, 0.25) is 0 Å². The summed E-state index contributed by atoms with van der Waals surface area (Å²) >= 11 is 0. The average molecular weight is 261 g/mol. The van der Waals surface area contributed by atoms with Gasteiger partial charge in [-0.3, -0.25) is 0 Å². The Kier molecular flexibility index (Phi) is 5.79. The van der Waals surface area contributed by atoms with Gasteiger partial charge in [-0.05, 0) is 31.4 Å².